The molecule has 0 heterocycles. The third kappa shape index (κ3) is 3.81. The molecular formula is C17H13F3O. The molecule has 0 N–H and O–H groups in total. The number of allylic oxidation sites excluding steroid dienone is 2. The highest BCUT2D eigenvalue weighted by molar-refractivity contribution is 6.08. The second kappa shape index (κ2) is 5.95. The Labute approximate surface area is 120 Å². The molecule has 21 heavy (non-hydrogen) atoms. The first-order valence-electron chi connectivity index (χ1n) is 6.33. The summed E-state index contributed by atoms with van der Waals surface area (Å²) in [6.07, 6.45) is -3.04. The van der Waals surface area contributed by atoms with E-state index >= 15 is 0 Å². The zero-order valence-corrected chi connectivity index (χ0v) is 11.3. The maximum absolute atomic E-state index is 12.7. The molecule has 0 aliphatic carbocycles. The van der Waals surface area contributed by atoms with Crippen molar-refractivity contribution >= 4 is 11.4 Å². The van der Waals surface area contributed by atoms with E-state index in [0.29, 0.717) is 16.7 Å². The fourth-order valence-electron chi connectivity index (χ4n) is 1.91. The lowest BCUT2D eigenvalue weighted by Gasteiger charge is -2.09. The number of hydrogen-bond acceptors (Lipinski definition) is 1. The van der Waals surface area contributed by atoms with Crippen LogP contribution in [0.5, 0.6) is 0 Å². The molecule has 4 heteroatoms. The van der Waals surface area contributed by atoms with Crippen molar-refractivity contribution in [1.82, 2.24) is 0 Å². The number of benzene rings is 2. The zero-order valence-electron chi connectivity index (χ0n) is 11.3. The van der Waals surface area contributed by atoms with Crippen molar-refractivity contribution in [1.29, 1.82) is 0 Å². The summed E-state index contributed by atoms with van der Waals surface area (Å²) in [6, 6.07) is 13.5. The second-order valence-corrected chi connectivity index (χ2v) is 4.64. The van der Waals surface area contributed by atoms with Gasteiger partial charge in [0.1, 0.15) is 0 Å². The van der Waals surface area contributed by atoms with Gasteiger partial charge in [-0.05, 0) is 36.3 Å². The van der Waals surface area contributed by atoms with Crippen LogP contribution in [0.1, 0.15) is 28.4 Å². The Balaban J connectivity index is 2.30. The van der Waals surface area contributed by atoms with Crippen molar-refractivity contribution in [2.75, 3.05) is 0 Å². The summed E-state index contributed by atoms with van der Waals surface area (Å²) in [7, 11) is 0. The van der Waals surface area contributed by atoms with E-state index in [-0.39, 0.29) is 5.78 Å². The summed E-state index contributed by atoms with van der Waals surface area (Å²) in [4.78, 5) is 12.0. The Morgan fingerprint density at radius 3 is 2.19 bits per heavy atom. The van der Waals surface area contributed by atoms with E-state index in [2.05, 4.69) is 0 Å². The monoisotopic (exact) mass is 290 g/mol. The van der Waals surface area contributed by atoms with Gasteiger partial charge in [0.25, 0.3) is 0 Å². The van der Waals surface area contributed by atoms with Crippen LogP contribution in [0, 0.1) is 0 Å². The van der Waals surface area contributed by atoms with Crippen LogP contribution in [0.3, 0.4) is 0 Å². The van der Waals surface area contributed by atoms with Gasteiger partial charge in [0.05, 0.1) is 5.56 Å². The first-order valence-corrected chi connectivity index (χ1v) is 6.33. The van der Waals surface area contributed by atoms with Gasteiger partial charge in [-0.1, -0.05) is 42.5 Å². The zero-order chi connectivity index (χ0) is 15.5. The summed E-state index contributed by atoms with van der Waals surface area (Å²) in [5, 5.41) is 0. The Morgan fingerprint density at radius 1 is 0.952 bits per heavy atom. The van der Waals surface area contributed by atoms with Crippen LogP contribution in [-0.4, -0.2) is 5.78 Å². The Hall–Kier alpha value is -2.36. The highest BCUT2D eigenvalue weighted by atomic mass is 19.4. The van der Waals surface area contributed by atoms with Crippen LogP contribution < -0.4 is 0 Å². The van der Waals surface area contributed by atoms with Gasteiger partial charge in [-0.15, -0.1) is 0 Å². The van der Waals surface area contributed by atoms with E-state index in [1.807, 2.05) is 0 Å². The molecule has 2 aromatic carbocycles. The van der Waals surface area contributed by atoms with Crippen molar-refractivity contribution in [2.24, 2.45) is 0 Å². The van der Waals surface area contributed by atoms with E-state index in [1.165, 1.54) is 12.1 Å². The van der Waals surface area contributed by atoms with Crippen molar-refractivity contribution in [3.63, 3.8) is 0 Å². The number of rotatable bonds is 3. The average molecular weight is 290 g/mol. The minimum atomic E-state index is -4.39. The molecule has 0 aliphatic rings. The lowest BCUT2D eigenvalue weighted by Crippen LogP contribution is -2.05. The minimum absolute atomic E-state index is 0.231. The SMILES string of the molecule is C/C(=C\C(=O)c1ccccc1)c1cccc(C(F)(F)F)c1. The maximum Gasteiger partial charge on any atom is 0.416 e. The molecule has 2 aromatic rings. The van der Waals surface area contributed by atoms with Gasteiger partial charge < -0.3 is 0 Å². The summed E-state index contributed by atoms with van der Waals surface area (Å²) in [5.74, 6) is -0.231. The normalized spacial score (nSPS) is 12.3. The molecule has 0 spiro atoms. The first kappa shape index (κ1) is 15.0. The molecule has 2 rings (SSSR count). The standard InChI is InChI=1S/C17H13F3O/c1-12(10-16(21)13-6-3-2-4-7-13)14-8-5-9-15(11-14)17(18,19)20/h2-11H,1H3/b12-10+. The van der Waals surface area contributed by atoms with E-state index in [4.69, 9.17) is 0 Å². The van der Waals surface area contributed by atoms with Crippen molar-refractivity contribution in [3.05, 3.63) is 77.4 Å². The first-order chi connectivity index (χ1) is 9.88. The highest BCUT2D eigenvalue weighted by Crippen LogP contribution is 2.30. The Kier molecular flexibility index (Phi) is 4.26. The molecule has 108 valence electrons. The minimum Gasteiger partial charge on any atom is -0.289 e. The Bertz CT molecular complexity index is 670. The van der Waals surface area contributed by atoms with E-state index < -0.39 is 11.7 Å². The molecule has 0 fully saturated rings. The van der Waals surface area contributed by atoms with Crippen LogP contribution in [0.15, 0.2) is 60.7 Å². The molecule has 0 atom stereocenters. The fourth-order valence-corrected chi connectivity index (χ4v) is 1.91. The van der Waals surface area contributed by atoms with Crippen LogP contribution in [-0.2, 0) is 6.18 Å². The third-order valence-corrected chi connectivity index (χ3v) is 3.05. The van der Waals surface area contributed by atoms with Crippen LogP contribution in [0.2, 0.25) is 0 Å². The average Bonchev–Trinajstić information content (AvgIpc) is 2.47. The van der Waals surface area contributed by atoms with Gasteiger partial charge in [0.2, 0.25) is 0 Å². The van der Waals surface area contributed by atoms with E-state index in [0.717, 1.165) is 12.1 Å². The molecule has 1 nitrogen and oxygen atoms in total. The number of alkyl halides is 3. The van der Waals surface area contributed by atoms with Crippen molar-refractivity contribution in [3.8, 4) is 0 Å². The van der Waals surface area contributed by atoms with Gasteiger partial charge in [0, 0.05) is 5.56 Å². The van der Waals surface area contributed by atoms with Crippen molar-refractivity contribution in [2.45, 2.75) is 13.1 Å². The van der Waals surface area contributed by atoms with Crippen LogP contribution in [0.25, 0.3) is 5.57 Å². The lowest BCUT2D eigenvalue weighted by atomic mass is 10.0. The predicted octanol–water partition coefficient (Wildman–Crippen LogP) is 4.99. The van der Waals surface area contributed by atoms with Gasteiger partial charge in [-0.25, -0.2) is 0 Å². The predicted molar refractivity (Wildman–Crippen MR) is 75.9 cm³/mol. The fraction of sp³-hybridized carbons (Fsp3) is 0.118. The van der Waals surface area contributed by atoms with Gasteiger partial charge >= 0.3 is 6.18 Å². The van der Waals surface area contributed by atoms with E-state index in [1.54, 1.807) is 43.3 Å². The summed E-state index contributed by atoms with van der Waals surface area (Å²) >= 11 is 0. The van der Waals surface area contributed by atoms with Crippen LogP contribution in [0.4, 0.5) is 13.2 Å². The van der Waals surface area contributed by atoms with E-state index in [9.17, 15) is 18.0 Å². The number of halogens is 3. The number of ketones is 1. The number of carbonyl (C=O) groups excluding carboxylic acids is 1. The van der Waals surface area contributed by atoms with Gasteiger partial charge in [0.15, 0.2) is 5.78 Å². The highest BCUT2D eigenvalue weighted by Gasteiger charge is 2.30. The summed E-state index contributed by atoms with van der Waals surface area (Å²) in [6.45, 7) is 1.62. The molecule has 0 bridgehead atoms. The smallest absolute Gasteiger partial charge is 0.289 e. The van der Waals surface area contributed by atoms with Crippen molar-refractivity contribution < 1.29 is 18.0 Å². The van der Waals surface area contributed by atoms with Gasteiger partial charge in [-0.3, -0.25) is 4.79 Å². The molecular weight excluding hydrogens is 277 g/mol. The third-order valence-electron chi connectivity index (χ3n) is 3.05. The van der Waals surface area contributed by atoms with Gasteiger partial charge in [-0.2, -0.15) is 13.2 Å². The van der Waals surface area contributed by atoms with Crippen LogP contribution >= 0.6 is 0 Å². The molecule has 0 saturated heterocycles. The number of carbonyl (C=O) groups is 1. The molecule has 0 amide bonds. The quantitative estimate of drug-likeness (QED) is 0.575. The molecule has 0 aromatic heterocycles. The molecule has 0 saturated carbocycles. The Morgan fingerprint density at radius 2 is 1.57 bits per heavy atom. The second-order valence-electron chi connectivity index (χ2n) is 4.64. The molecule has 0 aliphatic heterocycles. The lowest BCUT2D eigenvalue weighted by molar-refractivity contribution is -0.137. The molecule has 0 radical (unpaired) electrons. The largest absolute Gasteiger partial charge is 0.416 e. The molecule has 0 unspecified atom stereocenters. The summed E-state index contributed by atoms with van der Waals surface area (Å²) < 4.78 is 38.0. The topological polar surface area (TPSA) is 17.1 Å². The maximum atomic E-state index is 12.7. The number of hydrogen-bond donors (Lipinski definition) is 0. The summed E-state index contributed by atoms with van der Waals surface area (Å²) in [5.41, 5.74) is 0.660.